The molecule has 0 atom stereocenters. The number of hydrazine groups is 1. The standard InChI is InChI=1S/C25H25N3O4.C3H6S/c1-25(2)24(30)28-23-18(14-27(28)20-7-5-6-8-21(20)31-3)16(11-12-19(23)26-25)17-10-9-15(29)13-22(17)32-4;4-3-1-2-3/h5-13,26,29H,14H2,1-4H3;3-4H,1-2H2. The Morgan fingerprint density at radius 1 is 1.00 bits per heavy atom. The number of carbonyl (C=O) groups excluding carboxylic acids is 1. The molecular formula is C28H31N3O4S. The summed E-state index contributed by atoms with van der Waals surface area (Å²) in [6.07, 6.45) is 2.70. The minimum absolute atomic E-state index is 0.0514. The highest BCUT2D eigenvalue weighted by atomic mass is 32.1. The van der Waals surface area contributed by atoms with Gasteiger partial charge in [-0.15, -0.1) is 0 Å². The lowest BCUT2D eigenvalue weighted by Gasteiger charge is -2.41. The van der Waals surface area contributed by atoms with Gasteiger partial charge in [0.05, 0.1) is 32.1 Å². The lowest BCUT2D eigenvalue weighted by atomic mass is 9.93. The van der Waals surface area contributed by atoms with Crippen LogP contribution in [0.4, 0.5) is 17.1 Å². The highest BCUT2D eigenvalue weighted by molar-refractivity contribution is 7.81. The normalized spacial score (nSPS) is 17.1. The monoisotopic (exact) mass is 505 g/mol. The van der Waals surface area contributed by atoms with Crippen LogP contribution in [-0.4, -0.2) is 36.0 Å². The predicted octanol–water partition coefficient (Wildman–Crippen LogP) is 5.63. The van der Waals surface area contributed by atoms with E-state index < -0.39 is 5.54 Å². The zero-order valence-electron chi connectivity index (χ0n) is 20.9. The summed E-state index contributed by atoms with van der Waals surface area (Å²) in [5.41, 5.74) is 4.54. The van der Waals surface area contributed by atoms with Crippen LogP contribution < -0.4 is 24.8 Å². The Kier molecular flexibility index (Phi) is 6.16. The van der Waals surface area contributed by atoms with Gasteiger partial charge in [-0.05, 0) is 62.6 Å². The maximum absolute atomic E-state index is 13.6. The van der Waals surface area contributed by atoms with Gasteiger partial charge in [-0.2, -0.15) is 12.6 Å². The molecule has 0 radical (unpaired) electrons. The van der Waals surface area contributed by atoms with Crippen molar-refractivity contribution in [2.45, 2.75) is 44.0 Å². The number of nitrogens with zero attached hydrogens (tertiary/aromatic N) is 2. The van der Waals surface area contributed by atoms with Gasteiger partial charge < -0.3 is 19.9 Å². The Morgan fingerprint density at radius 3 is 2.33 bits per heavy atom. The van der Waals surface area contributed by atoms with Gasteiger partial charge in [-0.1, -0.05) is 18.2 Å². The van der Waals surface area contributed by atoms with Crippen molar-refractivity contribution in [1.29, 1.82) is 0 Å². The number of ether oxygens (including phenoxy) is 2. The van der Waals surface area contributed by atoms with Crippen LogP contribution in [0.1, 0.15) is 32.3 Å². The second-order valence-corrected chi connectivity index (χ2v) is 10.4. The zero-order valence-corrected chi connectivity index (χ0v) is 21.8. The summed E-state index contributed by atoms with van der Waals surface area (Å²) in [6, 6.07) is 16.8. The largest absolute Gasteiger partial charge is 0.508 e. The Morgan fingerprint density at radius 2 is 1.67 bits per heavy atom. The van der Waals surface area contributed by atoms with E-state index in [-0.39, 0.29) is 11.7 Å². The average molecular weight is 506 g/mol. The fourth-order valence-electron chi connectivity index (χ4n) is 4.61. The van der Waals surface area contributed by atoms with Crippen LogP contribution in [0.15, 0.2) is 54.6 Å². The Balaban J connectivity index is 0.000000608. The molecule has 3 aliphatic rings. The summed E-state index contributed by atoms with van der Waals surface area (Å²) in [5.74, 6) is 1.34. The van der Waals surface area contributed by atoms with Crippen LogP contribution in [0.2, 0.25) is 0 Å². The summed E-state index contributed by atoms with van der Waals surface area (Å²) >= 11 is 4.08. The molecule has 0 spiro atoms. The fourth-order valence-corrected chi connectivity index (χ4v) is 4.76. The van der Waals surface area contributed by atoms with Gasteiger partial charge in [0.2, 0.25) is 0 Å². The molecule has 6 rings (SSSR count). The second-order valence-electron chi connectivity index (χ2n) is 9.70. The van der Waals surface area contributed by atoms with E-state index in [1.807, 2.05) is 61.3 Å². The molecule has 2 heterocycles. The molecule has 3 aromatic rings. The predicted molar refractivity (Wildman–Crippen MR) is 146 cm³/mol. The molecule has 0 aromatic heterocycles. The van der Waals surface area contributed by atoms with E-state index >= 15 is 0 Å². The SMILES string of the molecule is COc1cc(O)ccc1-c1ccc2c3c1CN(c1ccccc1OC)N3C(=O)C(C)(C)N2.SC1CC1. The van der Waals surface area contributed by atoms with Crippen molar-refractivity contribution < 1.29 is 19.4 Å². The molecule has 0 bridgehead atoms. The number of hydrogen-bond donors (Lipinski definition) is 3. The van der Waals surface area contributed by atoms with E-state index in [2.05, 4.69) is 17.9 Å². The number of thiol groups is 1. The molecule has 1 fully saturated rings. The van der Waals surface area contributed by atoms with Crippen molar-refractivity contribution in [2.75, 3.05) is 29.6 Å². The topological polar surface area (TPSA) is 74.3 Å². The molecule has 36 heavy (non-hydrogen) atoms. The number of phenols is 1. The van der Waals surface area contributed by atoms with Crippen molar-refractivity contribution in [3.63, 3.8) is 0 Å². The molecule has 0 unspecified atom stereocenters. The van der Waals surface area contributed by atoms with Gasteiger partial charge in [0.25, 0.3) is 5.91 Å². The molecule has 3 aromatic carbocycles. The third kappa shape index (κ3) is 4.19. The minimum Gasteiger partial charge on any atom is -0.508 e. The number of benzene rings is 3. The first kappa shape index (κ1) is 24.2. The lowest BCUT2D eigenvalue weighted by molar-refractivity contribution is -0.122. The number of nitrogens with one attached hydrogen (secondary N) is 1. The zero-order chi connectivity index (χ0) is 25.6. The molecular weight excluding hydrogens is 474 g/mol. The van der Waals surface area contributed by atoms with Crippen molar-refractivity contribution in [1.82, 2.24) is 0 Å². The number of amides is 1. The number of phenolic OH excluding ortho intramolecular Hbond substituents is 1. The molecule has 188 valence electrons. The second kappa shape index (κ2) is 9.17. The Hall–Kier alpha value is -3.52. The third-order valence-electron chi connectivity index (χ3n) is 6.60. The summed E-state index contributed by atoms with van der Waals surface area (Å²) in [6.45, 7) is 4.24. The lowest BCUT2D eigenvalue weighted by Crippen LogP contribution is -2.57. The van der Waals surface area contributed by atoms with Gasteiger partial charge in [-0.3, -0.25) is 9.80 Å². The molecule has 1 aliphatic carbocycles. The van der Waals surface area contributed by atoms with Crippen molar-refractivity contribution in [2.24, 2.45) is 0 Å². The number of carbonyl (C=O) groups is 1. The van der Waals surface area contributed by atoms with E-state index in [0.29, 0.717) is 18.0 Å². The molecule has 1 saturated carbocycles. The Labute approximate surface area is 217 Å². The highest BCUT2D eigenvalue weighted by Gasteiger charge is 2.47. The van der Waals surface area contributed by atoms with Gasteiger partial charge >= 0.3 is 0 Å². The number of aromatic hydroxyl groups is 1. The molecule has 8 heteroatoms. The summed E-state index contributed by atoms with van der Waals surface area (Å²) in [7, 11) is 3.21. The smallest absolute Gasteiger partial charge is 0.270 e. The Bertz CT molecular complexity index is 1320. The van der Waals surface area contributed by atoms with Crippen molar-refractivity contribution in [3.05, 3.63) is 60.2 Å². The summed E-state index contributed by atoms with van der Waals surface area (Å²) < 4.78 is 11.2. The molecule has 0 saturated heterocycles. The van der Waals surface area contributed by atoms with Gasteiger partial charge in [0.15, 0.2) is 0 Å². The van der Waals surface area contributed by atoms with E-state index in [0.717, 1.165) is 39.0 Å². The van der Waals surface area contributed by atoms with Gasteiger partial charge in [0, 0.05) is 22.4 Å². The summed E-state index contributed by atoms with van der Waals surface area (Å²) in [4.78, 5) is 13.6. The molecule has 2 aliphatic heterocycles. The quantitative estimate of drug-likeness (QED) is 0.399. The van der Waals surface area contributed by atoms with E-state index in [4.69, 9.17) is 9.47 Å². The number of para-hydroxylation sites is 2. The first-order valence-corrected chi connectivity index (χ1v) is 12.5. The van der Waals surface area contributed by atoms with E-state index in [1.54, 1.807) is 31.4 Å². The van der Waals surface area contributed by atoms with Crippen LogP contribution in [0.3, 0.4) is 0 Å². The van der Waals surface area contributed by atoms with Crippen molar-refractivity contribution in [3.8, 4) is 28.4 Å². The van der Waals surface area contributed by atoms with Gasteiger partial charge in [0.1, 0.15) is 28.5 Å². The molecule has 7 nitrogen and oxygen atoms in total. The van der Waals surface area contributed by atoms with Crippen LogP contribution in [0.5, 0.6) is 17.2 Å². The van der Waals surface area contributed by atoms with Crippen LogP contribution in [-0.2, 0) is 11.3 Å². The average Bonchev–Trinajstić information content (AvgIpc) is 3.55. The highest BCUT2D eigenvalue weighted by Crippen LogP contribution is 2.51. The van der Waals surface area contributed by atoms with Crippen LogP contribution in [0.25, 0.3) is 11.1 Å². The number of rotatable bonds is 4. The molecule has 1 amide bonds. The number of methoxy groups -OCH3 is 2. The van der Waals surface area contributed by atoms with Crippen molar-refractivity contribution >= 4 is 35.6 Å². The number of anilines is 3. The van der Waals surface area contributed by atoms with Crippen LogP contribution in [0, 0.1) is 0 Å². The minimum atomic E-state index is -0.771. The maximum Gasteiger partial charge on any atom is 0.270 e. The van der Waals surface area contributed by atoms with E-state index in [9.17, 15) is 9.90 Å². The molecule has 2 N–H and O–H groups in total. The van der Waals surface area contributed by atoms with E-state index in [1.165, 1.54) is 12.8 Å². The number of hydrogen-bond acceptors (Lipinski definition) is 7. The third-order valence-corrected chi connectivity index (χ3v) is 7.12. The fraction of sp³-hybridized carbons (Fsp3) is 0.321. The maximum atomic E-state index is 13.6. The summed E-state index contributed by atoms with van der Waals surface area (Å²) in [5, 5.41) is 17.8. The first-order valence-electron chi connectivity index (χ1n) is 12.0. The van der Waals surface area contributed by atoms with Crippen LogP contribution >= 0.6 is 12.6 Å². The first-order chi connectivity index (χ1) is 17.2. The van der Waals surface area contributed by atoms with Gasteiger partial charge in [-0.25, -0.2) is 5.01 Å².